The van der Waals surface area contributed by atoms with Gasteiger partial charge in [-0.15, -0.1) is 11.3 Å². The molecule has 1 atom stereocenters. The third-order valence-electron chi connectivity index (χ3n) is 3.65. The Kier molecular flexibility index (Phi) is 4.53. The Morgan fingerprint density at radius 2 is 1.79 bits per heavy atom. The molecule has 0 bridgehead atoms. The molecule has 0 aliphatic carbocycles. The molecule has 0 amide bonds. The van der Waals surface area contributed by atoms with Crippen molar-refractivity contribution in [2.75, 3.05) is 0 Å². The van der Waals surface area contributed by atoms with Crippen LogP contribution in [0.25, 0.3) is 0 Å². The number of alkyl halides is 3. The number of rotatable bonds is 2. The number of aryl methyl sites for hydroxylation is 1. The third-order valence-corrected chi connectivity index (χ3v) is 5.94. The molecule has 128 valence electrons. The molecule has 0 N–H and O–H groups in total. The van der Waals surface area contributed by atoms with E-state index in [4.69, 9.17) is 39.6 Å². The van der Waals surface area contributed by atoms with Crippen molar-refractivity contribution in [1.29, 1.82) is 0 Å². The van der Waals surface area contributed by atoms with Crippen molar-refractivity contribution in [3.63, 3.8) is 0 Å². The summed E-state index contributed by atoms with van der Waals surface area (Å²) in [5.41, 5.74) is -1.70. The van der Waals surface area contributed by atoms with Gasteiger partial charge in [0.15, 0.2) is 0 Å². The van der Waals surface area contributed by atoms with Gasteiger partial charge in [0.1, 0.15) is 5.71 Å². The van der Waals surface area contributed by atoms with Gasteiger partial charge in [-0.25, -0.2) is 0 Å². The van der Waals surface area contributed by atoms with Gasteiger partial charge in [0.25, 0.3) is 5.60 Å². The molecule has 0 saturated carbocycles. The molecule has 2 nitrogen and oxygen atoms in total. The largest absolute Gasteiger partial charge is 0.435 e. The molecule has 1 aromatic carbocycles. The molecule has 24 heavy (non-hydrogen) atoms. The van der Waals surface area contributed by atoms with Crippen LogP contribution in [0.5, 0.6) is 0 Å². The number of oxime groups is 1. The minimum Gasteiger partial charge on any atom is -0.374 e. The van der Waals surface area contributed by atoms with E-state index in [2.05, 4.69) is 5.16 Å². The minimum atomic E-state index is -4.72. The van der Waals surface area contributed by atoms with E-state index in [1.165, 1.54) is 11.3 Å². The molecule has 2 heterocycles. The van der Waals surface area contributed by atoms with Crippen molar-refractivity contribution in [2.24, 2.45) is 5.16 Å². The van der Waals surface area contributed by atoms with E-state index >= 15 is 0 Å². The lowest BCUT2D eigenvalue weighted by molar-refractivity contribution is -0.275. The van der Waals surface area contributed by atoms with E-state index in [9.17, 15) is 13.2 Å². The zero-order valence-corrected chi connectivity index (χ0v) is 15.1. The SMILES string of the molecule is Cc1csc(C2=NOC(c3cc(Cl)c(Cl)c(Cl)c3)(C(F)(F)F)C2)c1. The van der Waals surface area contributed by atoms with Crippen LogP contribution in [0.3, 0.4) is 0 Å². The van der Waals surface area contributed by atoms with E-state index in [1.54, 1.807) is 6.07 Å². The molecule has 2 aromatic rings. The smallest absolute Gasteiger partial charge is 0.374 e. The van der Waals surface area contributed by atoms with E-state index in [-0.39, 0.29) is 26.3 Å². The first-order valence-corrected chi connectivity index (χ1v) is 8.68. The lowest BCUT2D eigenvalue weighted by atomic mass is 9.88. The van der Waals surface area contributed by atoms with E-state index in [0.29, 0.717) is 4.88 Å². The van der Waals surface area contributed by atoms with Crippen molar-refractivity contribution in [2.45, 2.75) is 25.1 Å². The Morgan fingerprint density at radius 1 is 1.17 bits per heavy atom. The van der Waals surface area contributed by atoms with Crippen molar-refractivity contribution >= 4 is 51.9 Å². The van der Waals surface area contributed by atoms with Crippen LogP contribution in [0.2, 0.25) is 15.1 Å². The normalized spacial score (nSPS) is 20.9. The number of thiophene rings is 1. The Labute approximate surface area is 154 Å². The summed E-state index contributed by atoms with van der Waals surface area (Å²) in [7, 11) is 0. The highest BCUT2D eigenvalue weighted by molar-refractivity contribution is 7.12. The average Bonchev–Trinajstić information content (AvgIpc) is 3.10. The van der Waals surface area contributed by atoms with Crippen LogP contribution in [0.15, 0.2) is 28.7 Å². The number of hydrogen-bond donors (Lipinski definition) is 0. The summed E-state index contributed by atoms with van der Waals surface area (Å²) in [5, 5.41) is 5.36. The second-order valence-electron chi connectivity index (χ2n) is 5.37. The predicted molar refractivity (Wildman–Crippen MR) is 90.5 cm³/mol. The first kappa shape index (κ1) is 17.9. The van der Waals surface area contributed by atoms with E-state index in [1.807, 2.05) is 12.3 Å². The van der Waals surface area contributed by atoms with Gasteiger partial charge in [0.05, 0.1) is 26.4 Å². The number of nitrogens with zero attached hydrogens (tertiary/aromatic N) is 1. The second-order valence-corrected chi connectivity index (χ2v) is 7.48. The van der Waals surface area contributed by atoms with Crippen molar-refractivity contribution in [3.05, 3.63) is 54.7 Å². The topological polar surface area (TPSA) is 21.6 Å². The molecule has 1 aliphatic heterocycles. The van der Waals surface area contributed by atoms with Gasteiger partial charge in [0, 0.05) is 5.56 Å². The van der Waals surface area contributed by atoms with Gasteiger partial charge >= 0.3 is 6.18 Å². The van der Waals surface area contributed by atoms with Gasteiger partial charge < -0.3 is 4.84 Å². The summed E-state index contributed by atoms with van der Waals surface area (Å²) in [5.74, 6) is 0. The Bertz CT molecular complexity index is 811. The summed E-state index contributed by atoms with van der Waals surface area (Å²) >= 11 is 18.9. The maximum absolute atomic E-state index is 13.8. The van der Waals surface area contributed by atoms with Gasteiger partial charge in [-0.2, -0.15) is 13.2 Å². The lowest BCUT2D eigenvalue weighted by Crippen LogP contribution is -2.42. The van der Waals surface area contributed by atoms with Gasteiger partial charge in [0.2, 0.25) is 0 Å². The fourth-order valence-electron chi connectivity index (χ4n) is 2.41. The first-order chi connectivity index (χ1) is 11.1. The lowest BCUT2D eigenvalue weighted by Gasteiger charge is -2.29. The van der Waals surface area contributed by atoms with E-state index < -0.39 is 18.2 Å². The molecule has 0 saturated heterocycles. The highest BCUT2D eigenvalue weighted by Crippen LogP contribution is 2.50. The quantitative estimate of drug-likeness (QED) is 0.507. The highest BCUT2D eigenvalue weighted by Gasteiger charge is 2.62. The summed E-state index contributed by atoms with van der Waals surface area (Å²) in [6, 6.07) is 3.99. The second kappa shape index (κ2) is 6.09. The number of benzene rings is 1. The maximum Gasteiger partial charge on any atom is 0.435 e. The van der Waals surface area contributed by atoms with Crippen LogP contribution in [-0.4, -0.2) is 11.9 Å². The summed E-state index contributed by atoms with van der Waals surface area (Å²) in [6.07, 6.45) is -5.18. The van der Waals surface area contributed by atoms with Gasteiger partial charge in [-0.3, -0.25) is 0 Å². The first-order valence-electron chi connectivity index (χ1n) is 6.66. The fourth-order valence-corrected chi connectivity index (χ4v) is 3.88. The summed E-state index contributed by atoms with van der Waals surface area (Å²) < 4.78 is 41.5. The fraction of sp³-hybridized carbons (Fsp3) is 0.267. The summed E-state index contributed by atoms with van der Waals surface area (Å²) in [4.78, 5) is 5.56. The molecule has 0 fully saturated rings. The Morgan fingerprint density at radius 3 is 2.29 bits per heavy atom. The molecular weight excluding hydrogens is 406 g/mol. The molecule has 1 unspecified atom stereocenters. The highest BCUT2D eigenvalue weighted by atomic mass is 35.5. The number of halogens is 6. The van der Waals surface area contributed by atoms with Crippen LogP contribution in [0.4, 0.5) is 13.2 Å². The van der Waals surface area contributed by atoms with Gasteiger partial charge in [-0.05, 0) is 36.1 Å². The molecule has 9 heteroatoms. The Hall–Kier alpha value is -0.950. The Balaban J connectivity index is 2.07. The summed E-state index contributed by atoms with van der Waals surface area (Å²) in [6.45, 7) is 1.85. The third kappa shape index (κ3) is 2.90. The van der Waals surface area contributed by atoms with Crippen LogP contribution in [0, 0.1) is 6.92 Å². The minimum absolute atomic E-state index is 0.00701. The van der Waals surface area contributed by atoms with Crippen molar-refractivity contribution < 1.29 is 18.0 Å². The molecule has 1 aromatic heterocycles. The van der Waals surface area contributed by atoms with Crippen LogP contribution < -0.4 is 0 Å². The molecule has 3 rings (SSSR count). The molecule has 0 radical (unpaired) electrons. The molecule has 0 spiro atoms. The average molecular weight is 415 g/mol. The molecule has 1 aliphatic rings. The standard InChI is InChI=1S/C15H9Cl3F3NOS/c1-7-2-12(24-6-7)11-5-14(23-22-11,15(19,20)21)8-3-9(16)13(18)10(17)4-8/h2-4,6H,5H2,1H3. The van der Waals surface area contributed by atoms with Crippen LogP contribution in [-0.2, 0) is 10.4 Å². The van der Waals surface area contributed by atoms with Gasteiger partial charge in [-0.1, -0.05) is 40.0 Å². The maximum atomic E-state index is 13.8. The number of hydrogen-bond acceptors (Lipinski definition) is 3. The van der Waals surface area contributed by atoms with Crippen LogP contribution in [0.1, 0.15) is 22.4 Å². The molecular formula is C15H9Cl3F3NOS. The zero-order valence-electron chi connectivity index (χ0n) is 12.0. The monoisotopic (exact) mass is 413 g/mol. The predicted octanol–water partition coefficient (Wildman–Crippen LogP) is 6.60. The van der Waals surface area contributed by atoms with Crippen LogP contribution >= 0.6 is 46.1 Å². The van der Waals surface area contributed by atoms with Crippen molar-refractivity contribution in [3.8, 4) is 0 Å². The zero-order chi connectivity index (χ0) is 17.7. The van der Waals surface area contributed by atoms with Crippen molar-refractivity contribution in [1.82, 2.24) is 0 Å². The van der Waals surface area contributed by atoms with E-state index in [0.717, 1.165) is 17.7 Å².